The van der Waals surface area contributed by atoms with Crippen LogP contribution in [0.5, 0.6) is 0 Å². The van der Waals surface area contributed by atoms with Crippen molar-refractivity contribution in [2.75, 3.05) is 19.8 Å². The molecule has 3 atom stereocenters. The van der Waals surface area contributed by atoms with Crippen LogP contribution in [-0.4, -0.2) is 72.3 Å². The van der Waals surface area contributed by atoms with E-state index in [4.69, 9.17) is 11.1 Å². The van der Waals surface area contributed by atoms with Crippen LogP contribution in [0.4, 0.5) is 4.39 Å². The van der Waals surface area contributed by atoms with Gasteiger partial charge in [0.25, 0.3) is 5.91 Å². The van der Waals surface area contributed by atoms with E-state index in [1.54, 1.807) is 18.2 Å². The normalized spacial score (nSPS) is 16.8. The zero-order chi connectivity index (χ0) is 26.8. The third-order valence-electron chi connectivity index (χ3n) is 6.16. The fourth-order valence-corrected chi connectivity index (χ4v) is 4.21. The van der Waals surface area contributed by atoms with Gasteiger partial charge in [0.15, 0.2) is 11.7 Å². The van der Waals surface area contributed by atoms with Crippen LogP contribution in [-0.2, 0) is 14.4 Å². The second-order valence-electron chi connectivity index (χ2n) is 9.40. The molecule has 3 amide bonds. The van der Waals surface area contributed by atoms with Crippen molar-refractivity contribution in [1.29, 1.82) is 5.41 Å². The first kappa shape index (κ1) is 28.7. The summed E-state index contributed by atoms with van der Waals surface area (Å²) in [6.45, 7) is 4.91. The van der Waals surface area contributed by atoms with Crippen molar-refractivity contribution >= 4 is 29.5 Å². The molecule has 1 fully saturated rings. The van der Waals surface area contributed by atoms with Crippen molar-refractivity contribution in [2.24, 2.45) is 11.7 Å². The van der Waals surface area contributed by atoms with Crippen molar-refractivity contribution < 1.29 is 23.6 Å². The van der Waals surface area contributed by atoms with Gasteiger partial charge in [-0.2, -0.15) is 0 Å². The molecule has 36 heavy (non-hydrogen) atoms. The maximum Gasteiger partial charge on any atom is 0.251 e. The number of rotatable bonds is 12. The number of guanidine groups is 1. The van der Waals surface area contributed by atoms with Crippen LogP contribution in [0.3, 0.4) is 0 Å². The number of carbonyl (C=O) groups is 4. The SMILES string of the molecule is Cc1cccc(C(=O)N[C@H](C(=O)N2CCC[C@H]2C(=O)N[C@@H](CCCNC(=N)N)C(=O)CF)C(C)C)c1. The van der Waals surface area contributed by atoms with E-state index >= 15 is 0 Å². The predicted molar refractivity (Wildman–Crippen MR) is 134 cm³/mol. The molecular formula is C25H37FN6O4. The minimum atomic E-state index is -1.22. The van der Waals surface area contributed by atoms with Gasteiger partial charge in [0, 0.05) is 18.7 Å². The third-order valence-corrected chi connectivity index (χ3v) is 6.16. The number of nitrogens with zero attached hydrogens (tertiary/aromatic N) is 1. The van der Waals surface area contributed by atoms with E-state index in [2.05, 4.69) is 16.0 Å². The summed E-state index contributed by atoms with van der Waals surface area (Å²) in [4.78, 5) is 52.8. The average Bonchev–Trinajstić information content (AvgIpc) is 3.33. The Morgan fingerprint density at radius 1 is 1.22 bits per heavy atom. The number of hydrogen-bond acceptors (Lipinski definition) is 5. The molecule has 11 heteroatoms. The molecule has 0 radical (unpaired) electrons. The Hall–Kier alpha value is -3.50. The number of hydrogen-bond donors (Lipinski definition) is 5. The highest BCUT2D eigenvalue weighted by Crippen LogP contribution is 2.21. The summed E-state index contributed by atoms with van der Waals surface area (Å²) in [5.74, 6) is -2.49. The lowest BCUT2D eigenvalue weighted by Gasteiger charge is -2.31. The maximum absolute atomic E-state index is 13.5. The van der Waals surface area contributed by atoms with E-state index in [0.29, 0.717) is 37.9 Å². The standard InChI is InChI=1S/C25H37FN6O4/c1-15(2)21(31-22(34)17-8-4-7-16(3)13-17)24(36)32-12-6-10-19(32)23(35)30-18(20(33)14-26)9-5-11-29-25(27)28/h4,7-8,13,15,18-19,21H,5-6,9-12,14H2,1-3H3,(H,30,35)(H,31,34)(H4,27,28,29)/t18-,19-,21-/m0/s1. The van der Waals surface area contributed by atoms with Gasteiger partial charge in [-0.1, -0.05) is 31.5 Å². The summed E-state index contributed by atoms with van der Waals surface area (Å²) in [6, 6.07) is 4.34. The number of Topliss-reactive ketones (excluding diaryl/α,β-unsaturated/α-hetero) is 1. The number of benzene rings is 1. The van der Waals surface area contributed by atoms with Crippen LogP contribution in [0.2, 0.25) is 0 Å². The minimum Gasteiger partial charge on any atom is -0.370 e. The Labute approximate surface area is 211 Å². The van der Waals surface area contributed by atoms with Gasteiger partial charge in [-0.3, -0.25) is 24.6 Å². The Bertz CT molecular complexity index is 970. The highest BCUT2D eigenvalue weighted by Gasteiger charge is 2.39. The number of nitrogens with two attached hydrogens (primary N) is 1. The smallest absolute Gasteiger partial charge is 0.251 e. The number of halogens is 1. The number of aryl methyl sites for hydroxylation is 1. The molecule has 0 unspecified atom stereocenters. The van der Waals surface area contributed by atoms with E-state index in [-0.39, 0.29) is 30.1 Å². The molecule has 0 spiro atoms. The summed E-state index contributed by atoms with van der Waals surface area (Å²) in [6.07, 6.45) is 1.53. The summed E-state index contributed by atoms with van der Waals surface area (Å²) < 4.78 is 13.1. The number of alkyl halides is 1. The van der Waals surface area contributed by atoms with E-state index in [9.17, 15) is 23.6 Å². The molecule has 1 aromatic rings. The molecule has 1 saturated heterocycles. The third kappa shape index (κ3) is 8.03. The Kier molecular flexibility index (Phi) is 10.8. The molecule has 1 heterocycles. The summed E-state index contributed by atoms with van der Waals surface area (Å²) in [5, 5.41) is 15.2. The van der Waals surface area contributed by atoms with E-state index < -0.39 is 36.5 Å². The first-order valence-electron chi connectivity index (χ1n) is 12.2. The highest BCUT2D eigenvalue weighted by atomic mass is 19.1. The summed E-state index contributed by atoms with van der Waals surface area (Å²) in [7, 11) is 0. The van der Waals surface area contributed by atoms with Crippen molar-refractivity contribution in [2.45, 2.75) is 64.6 Å². The van der Waals surface area contributed by atoms with Crippen LogP contribution in [0.25, 0.3) is 0 Å². The fourth-order valence-electron chi connectivity index (χ4n) is 4.21. The molecule has 10 nitrogen and oxygen atoms in total. The van der Waals surface area contributed by atoms with Gasteiger partial charge in [-0.25, -0.2) is 4.39 Å². The molecule has 6 N–H and O–H groups in total. The number of carbonyl (C=O) groups excluding carboxylic acids is 4. The van der Waals surface area contributed by atoms with Crippen molar-refractivity contribution in [3.05, 3.63) is 35.4 Å². The van der Waals surface area contributed by atoms with Gasteiger partial charge in [0.1, 0.15) is 18.8 Å². The largest absolute Gasteiger partial charge is 0.370 e. The van der Waals surface area contributed by atoms with Crippen LogP contribution < -0.4 is 21.7 Å². The van der Waals surface area contributed by atoms with Gasteiger partial charge in [0.2, 0.25) is 11.8 Å². The van der Waals surface area contributed by atoms with E-state index in [1.807, 2.05) is 26.8 Å². The van der Waals surface area contributed by atoms with Crippen LogP contribution >= 0.6 is 0 Å². The van der Waals surface area contributed by atoms with Crippen molar-refractivity contribution in [3.63, 3.8) is 0 Å². The lowest BCUT2D eigenvalue weighted by atomic mass is 10.0. The summed E-state index contributed by atoms with van der Waals surface area (Å²) >= 11 is 0. The number of likely N-dealkylation sites (tertiary alicyclic amines) is 1. The van der Waals surface area contributed by atoms with Crippen LogP contribution in [0.1, 0.15) is 55.5 Å². The second-order valence-corrected chi connectivity index (χ2v) is 9.40. The molecule has 1 aliphatic rings. The number of nitrogens with one attached hydrogen (secondary N) is 4. The van der Waals surface area contributed by atoms with Crippen LogP contribution in [0.15, 0.2) is 24.3 Å². The topological polar surface area (TPSA) is 157 Å². The predicted octanol–water partition coefficient (Wildman–Crippen LogP) is 1.03. The highest BCUT2D eigenvalue weighted by molar-refractivity contribution is 5.99. The average molecular weight is 505 g/mol. The lowest BCUT2D eigenvalue weighted by Crippen LogP contribution is -2.56. The van der Waals surface area contributed by atoms with E-state index in [0.717, 1.165) is 5.56 Å². The molecular weight excluding hydrogens is 467 g/mol. The molecule has 198 valence electrons. The summed E-state index contributed by atoms with van der Waals surface area (Å²) in [5.41, 5.74) is 6.59. The van der Waals surface area contributed by atoms with Crippen molar-refractivity contribution in [1.82, 2.24) is 20.9 Å². The van der Waals surface area contributed by atoms with Crippen LogP contribution in [0, 0.1) is 18.3 Å². The molecule has 1 aliphatic heterocycles. The Morgan fingerprint density at radius 3 is 2.56 bits per heavy atom. The fraction of sp³-hybridized carbons (Fsp3) is 0.560. The Morgan fingerprint density at radius 2 is 1.94 bits per heavy atom. The maximum atomic E-state index is 13.5. The minimum absolute atomic E-state index is 0.163. The zero-order valence-electron chi connectivity index (χ0n) is 21.1. The quantitative estimate of drug-likeness (QED) is 0.162. The molecule has 1 aromatic carbocycles. The van der Waals surface area contributed by atoms with Crippen molar-refractivity contribution in [3.8, 4) is 0 Å². The molecule has 0 aliphatic carbocycles. The second kappa shape index (κ2) is 13.6. The van der Waals surface area contributed by atoms with Gasteiger partial charge in [-0.15, -0.1) is 0 Å². The van der Waals surface area contributed by atoms with Gasteiger partial charge >= 0.3 is 0 Å². The zero-order valence-corrected chi connectivity index (χ0v) is 21.1. The monoisotopic (exact) mass is 504 g/mol. The first-order valence-corrected chi connectivity index (χ1v) is 12.2. The number of amides is 3. The Balaban J connectivity index is 2.09. The first-order chi connectivity index (χ1) is 17.0. The van der Waals surface area contributed by atoms with Gasteiger partial charge in [-0.05, 0) is 50.7 Å². The molecule has 0 saturated carbocycles. The molecule has 0 aromatic heterocycles. The molecule has 0 bridgehead atoms. The lowest BCUT2D eigenvalue weighted by molar-refractivity contribution is -0.141. The van der Waals surface area contributed by atoms with E-state index in [1.165, 1.54) is 4.90 Å². The van der Waals surface area contributed by atoms with Gasteiger partial charge in [0.05, 0.1) is 6.04 Å². The number of ketones is 1. The molecule has 2 rings (SSSR count). The van der Waals surface area contributed by atoms with Gasteiger partial charge < -0.3 is 26.6 Å².